The van der Waals surface area contributed by atoms with Crippen LogP contribution in [-0.2, 0) is 0 Å². The van der Waals surface area contributed by atoms with Gasteiger partial charge in [0.15, 0.2) is 11.9 Å². The third-order valence-corrected chi connectivity index (χ3v) is 8.29. The SMILES string of the molecule is C=CCSc1nnc2c(n1)O[C@H]([C@H]1C[C@@H]3C(=CCCC3(C)C)C[C@H]1C)Nc1ccccc1-2. The van der Waals surface area contributed by atoms with Crippen LogP contribution in [-0.4, -0.2) is 27.2 Å². The van der Waals surface area contributed by atoms with Gasteiger partial charge in [-0.3, -0.25) is 0 Å². The van der Waals surface area contributed by atoms with Gasteiger partial charge in [0.25, 0.3) is 0 Å². The van der Waals surface area contributed by atoms with Crippen LogP contribution < -0.4 is 10.1 Å². The lowest BCUT2D eigenvalue weighted by atomic mass is 9.59. The molecular formula is C26H32N4OS. The average Bonchev–Trinajstić information content (AvgIpc) is 2.93. The van der Waals surface area contributed by atoms with Crippen molar-refractivity contribution < 1.29 is 4.74 Å². The fraction of sp³-hybridized carbons (Fsp3) is 0.500. The van der Waals surface area contributed by atoms with Crippen molar-refractivity contribution in [2.75, 3.05) is 11.1 Å². The molecule has 0 saturated heterocycles. The van der Waals surface area contributed by atoms with Crippen LogP contribution in [0.2, 0.25) is 0 Å². The van der Waals surface area contributed by atoms with Gasteiger partial charge in [-0.25, -0.2) is 0 Å². The van der Waals surface area contributed by atoms with Crippen LogP contribution in [0.3, 0.4) is 0 Å². The number of benzene rings is 1. The first-order valence-corrected chi connectivity index (χ1v) is 12.6. The molecule has 0 radical (unpaired) electrons. The molecule has 2 aliphatic carbocycles. The second-order valence-electron chi connectivity index (χ2n) is 10.0. The van der Waals surface area contributed by atoms with E-state index in [0.29, 0.717) is 39.9 Å². The van der Waals surface area contributed by atoms with Crippen LogP contribution in [0.4, 0.5) is 5.69 Å². The number of ether oxygens (including phenoxy) is 1. The van der Waals surface area contributed by atoms with E-state index in [-0.39, 0.29) is 6.23 Å². The van der Waals surface area contributed by atoms with E-state index in [9.17, 15) is 0 Å². The molecule has 1 saturated carbocycles. The standard InChI is InChI=1S/C26H32N4OS/c1-5-13-32-25-28-24-22(29-30-25)18-10-6-7-11-21(18)27-23(31-24)19-15-20-17(14-16(19)2)9-8-12-26(20,3)4/h5-7,9-11,16,19-20,23,27H,1,8,12-15H2,2-4H3/t16-,19+,20-,23-/m1/s1. The summed E-state index contributed by atoms with van der Waals surface area (Å²) in [6, 6.07) is 8.25. The van der Waals surface area contributed by atoms with E-state index in [1.807, 2.05) is 12.1 Å². The summed E-state index contributed by atoms with van der Waals surface area (Å²) in [6.07, 6.45) is 8.95. The summed E-state index contributed by atoms with van der Waals surface area (Å²) in [7, 11) is 0. The lowest BCUT2D eigenvalue weighted by Crippen LogP contribution is -2.45. The number of thioether (sulfide) groups is 1. The van der Waals surface area contributed by atoms with Crippen molar-refractivity contribution in [1.29, 1.82) is 0 Å². The highest BCUT2D eigenvalue weighted by molar-refractivity contribution is 7.99. The smallest absolute Gasteiger partial charge is 0.247 e. The van der Waals surface area contributed by atoms with Crippen molar-refractivity contribution >= 4 is 17.4 Å². The Balaban J connectivity index is 1.51. The fourth-order valence-corrected chi connectivity index (χ4v) is 6.16. The quantitative estimate of drug-likeness (QED) is 0.434. The van der Waals surface area contributed by atoms with Crippen LogP contribution in [0, 0.1) is 23.2 Å². The summed E-state index contributed by atoms with van der Waals surface area (Å²) in [6.45, 7) is 11.0. The minimum atomic E-state index is -0.152. The summed E-state index contributed by atoms with van der Waals surface area (Å²) >= 11 is 1.52. The van der Waals surface area contributed by atoms with Crippen molar-refractivity contribution in [1.82, 2.24) is 15.2 Å². The maximum atomic E-state index is 6.63. The van der Waals surface area contributed by atoms with Crippen molar-refractivity contribution in [3.8, 4) is 17.1 Å². The molecule has 4 atom stereocenters. The minimum Gasteiger partial charge on any atom is -0.452 e. The zero-order chi connectivity index (χ0) is 22.3. The molecule has 0 bridgehead atoms. The molecule has 2 aromatic rings. The normalized spacial score (nSPS) is 28.0. The summed E-state index contributed by atoms with van der Waals surface area (Å²) in [5.41, 5.74) is 4.73. The molecule has 32 heavy (non-hydrogen) atoms. The zero-order valence-electron chi connectivity index (χ0n) is 19.2. The van der Waals surface area contributed by atoms with Gasteiger partial charge in [0.05, 0.1) is 0 Å². The summed E-state index contributed by atoms with van der Waals surface area (Å²) < 4.78 is 6.63. The number of hydrogen-bond acceptors (Lipinski definition) is 6. The molecule has 1 fully saturated rings. The Morgan fingerprint density at radius 2 is 2.12 bits per heavy atom. The maximum absolute atomic E-state index is 6.63. The van der Waals surface area contributed by atoms with E-state index in [4.69, 9.17) is 9.72 Å². The van der Waals surface area contributed by atoms with Gasteiger partial charge in [-0.15, -0.1) is 16.8 Å². The van der Waals surface area contributed by atoms with Gasteiger partial charge in [-0.1, -0.05) is 68.5 Å². The number of aromatic nitrogens is 3. The van der Waals surface area contributed by atoms with E-state index in [1.165, 1.54) is 24.6 Å². The molecular weight excluding hydrogens is 416 g/mol. The molecule has 0 amide bonds. The predicted molar refractivity (Wildman–Crippen MR) is 131 cm³/mol. The number of anilines is 1. The predicted octanol–water partition coefficient (Wildman–Crippen LogP) is 6.36. The molecule has 1 N–H and O–H groups in total. The number of para-hydroxylation sites is 1. The van der Waals surface area contributed by atoms with Gasteiger partial charge in [-0.2, -0.15) is 4.98 Å². The summed E-state index contributed by atoms with van der Waals surface area (Å²) in [5, 5.41) is 13.2. The van der Waals surface area contributed by atoms with Crippen molar-refractivity contribution in [2.45, 2.75) is 57.8 Å². The number of rotatable bonds is 4. The molecule has 1 aromatic heterocycles. The minimum absolute atomic E-state index is 0.152. The third-order valence-electron chi connectivity index (χ3n) is 7.46. The van der Waals surface area contributed by atoms with Crippen LogP contribution in [0.5, 0.6) is 5.88 Å². The number of allylic oxidation sites excluding steroid dienone is 2. The lowest BCUT2D eigenvalue weighted by Gasteiger charge is -2.48. The lowest BCUT2D eigenvalue weighted by molar-refractivity contribution is 0.0519. The summed E-state index contributed by atoms with van der Waals surface area (Å²) in [5.74, 6) is 2.84. The van der Waals surface area contributed by atoms with Gasteiger partial charge in [0.2, 0.25) is 11.0 Å². The van der Waals surface area contributed by atoms with Crippen molar-refractivity contribution in [2.24, 2.45) is 23.2 Å². The van der Waals surface area contributed by atoms with Crippen LogP contribution >= 0.6 is 11.8 Å². The van der Waals surface area contributed by atoms with E-state index >= 15 is 0 Å². The first-order chi connectivity index (χ1) is 15.5. The Morgan fingerprint density at radius 1 is 1.28 bits per heavy atom. The molecule has 5 nitrogen and oxygen atoms in total. The molecule has 1 aliphatic heterocycles. The van der Waals surface area contributed by atoms with E-state index in [0.717, 1.165) is 29.8 Å². The molecule has 3 aliphatic rings. The van der Waals surface area contributed by atoms with Crippen molar-refractivity contribution in [3.63, 3.8) is 0 Å². The Labute approximate surface area is 195 Å². The number of hydrogen-bond donors (Lipinski definition) is 1. The molecule has 1 aromatic carbocycles. The zero-order valence-corrected chi connectivity index (χ0v) is 20.0. The Kier molecular flexibility index (Phi) is 5.74. The summed E-state index contributed by atoms with van der Waals surface area (Å²) in [4.78, 5) is 4.76. The second-order valence-corrected chi connectivity index (χ2v) is 11.0. The van der Waals surface area contributed by atoms with Gasteiger partial charge < -0.3 is 10.1 Å². The fourth-order valence-electron chi connectivity index (χ4n) is 5.65. The van der Waals surface area contributed by atoms with Crippen molar-refractivity contribution in [3.05, 3.63) is 48.6 Å². The number of fused-ring (bicyclic) bond motifs is 4. The highest BCUT2D eigenvalue weighted by atomic mass is 32.2. The van der Waals surface area contributed by atoms with Gasteiger partial charge in [-0.05, 0) is 49.0 Å². The van der Waals surface area contributed by atoms with E-state index in [2.05, 4.69) is 67.1 Å². The Bertz CT molecular complexity index is 1050. The van der Waals surface area contributed by atoms with Crippen LogP contribution in [0.1, 0.15) is 46.5 Å². The largest absolute Gasteiger partial charge is 0.452 e. The van der Waals surface area contributed by atoms with E-state index < -0.39 is 0 Å². The van der Waals surface area contributed by atoms with E-state index in [1.54, 1.807) is 5.57 Å². The molecule has 2 heterocycles. The highest BCUT2D eigenvalue weighted by Gasteiger charge is 2.44. The van der Waals surface area contributed by atoms with Gasteiger partial charge in [0.1, 0.15) is 0 Å². The average molecular weight is 449 g/mol. The van der Waals surface area contributed by atoms with Crippen LogP contribution in [0.15, 0.2) is 53.7 Å². The molecule has 0 spiro atoms. The first-order valence-electron chi connectivity index (χ1n) is 11.7. The third kappa shape index (κ3) is 3.94. The topological polar surface area (TPSA) is 59.9 Å². The molecule has 0 unspecified atom stereocenters. The Hall–Kier alpha value is -2.34. The second kappa shape index (κ2) is 8.54. The number of nitrogens with zero attached hydrogens (tertiary/aromatic N) is 3. The van der Waals surface area contributed by atoms with Crippen LogP contribution in [0.25, 0.3) is 11.3 Å². The highest BCUT2D eigenvalue weighted by Crippen LogP contribution is 2.52. The molecule has 6 heteroatoms. The number of nitrogens with one attached hydrogen (secondary N) is 1. The Morgan fingerprint density at radius 3 is 2.97 bits per heavy atom. The monoisotopic (exact) mass is 448 g/mol. The maximum Gasteiger partial charge on any atom is 0.247 e. The van der Waals surface area contributed by atoms with Gasteiger partial charge in [0, 0.05) is 22.9 Å². The first kappa shape index (κ1) is 21.5. The molecule has 168 valence electrons. The molecule has 5 rings (SSSR count). The van der Waals surface area contributed by atoms with Gasteiger partial charge >= 0.3 is 0 Å².